The molecular weight excluding hydrogens is 322 g/mol. The minimum absolute atomic E-state index is 0.438. The fourth-order valence-corrected chi connectivity index (χ4v) is 3.02. The number of ether oxygens (including phenoxy) is 2. The molecule has 1 saturated heterocycles. The number of rotatable bonds is 7. The van der Waals surface area contributed by atoms with Crippen molar-refractivity contribution in [2.24, 2.45) is 0 Å². The van der Waals surface area contributed by atoms with Gasteiger partial charge in [0.25, 0.3) is 0 Å². The molecule has 0 bridgehead atoms. The molecule has 0 aliphatic carbocycles. The molecule has 1 unspecified atom stereocenters. The molecule has 8 heteroatoms. The Morgan fingerprint density at radius 3 is 3.00 bits per heavy atom. The molecule has 1 fully saturated rings. The fourth-order valence-electron chi connectivity index (χ4n) is 3.02. The first-order valence-electron chi connectivity index (χ1n) is 8.12. The average molecular weight is 343 g/mol. The van der Waals surface area contributed by atoms with Crippen LogP contribution < -0.4 is 9.47 Å². The molecule has 2 aromatic rings. The number of aliphatic hydroxyl groups is 1. The summed E-state index contributed by atoms with van der Waals surface area (Å²) in [5.41, 5.74) is -0.262. The summed E-state index contributed by atoms with van der Waals surface area (Å²) < 4.78 is 12.7. The van der Waals surface area contributed by atoms with Gasteiger partial charge in [-0.1, -0.05) is 5.21 Å². The van der Waals surface area contributed by atoms with Crippen LogP contribution in [0.4, 0.5) is 0 Å². The van der Waals surface area contributed by atoms with Crippen LogP contribution in [0, 0.1) is 11.3 Å². The molecule has 2 heterocycles. The number of benzene rings is 1. The first-order valence-corrected chi connectivity index (χ1v) is 8.12. The van der Waals surface area contributed by atoms with Gasteiger partial charge >= 0.3 is 0 Å². The first-order chi connectivity index (χ1) is 12.1. The van der Waals surface area contributed by atoms with Gasteiger partial charge in [0.1, 0.15) is 6.61 Å². The van der Waals surface area contributed by atoms with E-state index in [1.165, 1.54) is 0 Å². The molecule has 25 heavy (non-hydrogen) atoms. The van der Waals surface area contributed by atoms with Crippen molar-refractivity contribution in [3.8, 4) is 17.6 Å². The number of nitriles is 1. The van der Waals surface area contributed by atoms with Crippen molar-refractivity contribution in [2.45, 2.75) is 18.6 Å². The number of β-amino-alcohol motifs (C(OH)–C–C–N with tert-alkyl or cyclic N) is 1. The molecule has 1 aliphatic rings. The molecule has 0 amide bonds. The summed E-state index contributed by atoms with van der Waals surface area (Å²) in [5, 5.41) is 27.3. The summed E-state index contributed by atoms with van der Waals surface area (Å²) in [6.07, 6.45) is 4.04. The largest absolute Gasteiger partial charge is 0.493 e. The zero-order valence-corrected chi connectivity index (χ0v) is 14.1. The molecule has 0 saturated carbocycles. The van der Waals surface area contributed by atoms with Crippen LogP contribution in [-0.4, -0.2) is 64.0 Å². The van der Waals surface area contributed by atoms with Crippen molar-refractivity contribution in [3.63, 3.8) is 0 Å². The maximum atomic E-state index is 10.7. The van der Waals surface area contributed by atoms with Crippen molar-refractivity contribution >= 4 is 0 Å². The normalized spacial score (nSPS) is 20.4. The Labute approximate surface area is 146 Å². The second-order valence-electron chi connectivity index (χ2n) is 6.18. The lowest BCUT2D eigenvalue weighted by Crippen LogP contribution is -2.38. The van der Waals surface area contributed by atoms with E-state index in [-0.39, 0.29) is 0 Å². The Bertz CT molecular complexity index is 743. The number of hydrogen-bond donors (Lipinski definition) is 1. The zero-order valence-electron chi connectivity index (χ0n) is 14.1. The fraction of sp³-hybridized carbons (Fsp3) is 0.471. The van der Waals surface area contributed by atoms with Crippen LogP contribution in [0.3, 0.4) is 0 Å². The van der Waals surface area contributed by atoms with Crippen molar-refractivity contribution in [1.82, 2.24) is 19.9 Å². The van der Waals surface area contributed by atoms with E-state index in [0.717, 1.165) is 6.54 Å². The third-order valence-corrected chi connectivity index (χ3v) is 4.30. The van der Waals surface area contributed by atoms with Gasteiger partial charge in [-0.25, -0.2) is 4.68 Å². The van der Waals surface area contributed by atoms with Crippen molar-refractivity contribution in [2.75, 3.05) is 33.4 Å². The Hall–Kier alpha value is -2.63. The summed E-state index contributed by atoms with van der Waals surface area (Å²) in [5.74, 6) is 1.15. The summed E-state index contributed by atoms with van der Waals surface area (Å²) in [6, 6.07) is 7.17. The lowest BCUT2D eigenvalue weighted by Gasteiger charge is -2.23. The predicted molar refractivity (Wildman–Crippen MR) is 89.2 cm³/mol. The monoisotopic (exact) mass is 343 g/mol. The van der Waals surface area contributed by atoms with Crippen molar-refractivity contribution < 1.29 is 14.6 Å². The summed E-state index contributed by atoms with van der Waals surface area (Å²) in [4.78, 5) is 2.16. The molecule has 1 atom stereocenters. The van der Waals surface area contributed by atoms with Crippen LogP contribution in [0.1, 0.15) is 12.0 Å². The van der Waals surface area contributed by atoms with Crippen LogP contribution in [0.5, 0.6) is 11.5 Å². The quantitative estimate of drug-likeness (QED) is 0.789. The van der Waals surface area contributed by atoms with E-state index in [2.05, 4.69) is 21.3 Å². The Morgan fingerprint density at radius 2 is 2.28 bits per heavy atom. The number of likely N-dealkylation sites (tertiary alicyclic amines) is 1. The Morgan fingerprint density at radius 1 is 1.40 bits per heavy atom. The molecule has 1 N–H and O–H groups in total. The standard InChI is InChI=1S/C17H21N5O3/c1-24-16-10-14(11-18)2-3-15(16)25-9-8-21-6-4-17(23,12-21)13-22-7-5-19-20-22/h2-3,5,7,10,23H,4,6,8-9,12-13H2,1H3. The van der Waals surface area contributed by atoms with Gasteiger partial charge in [-0.2, -0.15) is 5.26 Å². The minimum Gasteiger partial charge on any atom is -0.493 e. The van der Waals surface area contributed by atoms with E-state index in [4.69, 9.17) is 14.7 Å². The van der Waals surface area contributed by atoms with Crippen LogP contribution in [0.2, 0.25) is 0 Å². The molecule has 1 aromatic heterocycles. The second-order valence-corrected chi connectivity index (χ2v) is 6.18. The van der Waals surface area contributed by atoms with Crippen LogP contribution >= 0.6 is 0 Å². The van der Waals surface area contributed by atoms with E-state index in [9.17, 15) is 5.11 Å². The highest BCUT2D eigenvalue weighted by molar-refractivity contribution is 5.46. The van der Waals surface area contributed by atoms with Crippen LogP contribution in [0.25, 0.3) is 0 Å². The second kappa shape index (κ2) is 7.51. The molecule has 3 rings (SSSR count). The zero-order chi connectivity index (χ0) is 17.7. The van der Waals surface area contributed by atoms with Crippen LogP contribution in [0.15, 0.2) is 30.6 Å². The molecule has 132 valence electrons. The van der Waals surface area contributed by atoms with Gasteiger partial charge in [0.15, 0.2) is 11.5 Å². The molecule has 8 nitrogen and oxygen atoms in total. The Kier molecular flexibility index (Phi) is 5.16. The summed E-state index contributed by atoms with van der Waals surface area (Å²) in [6.45, 7) is 2.98. The third-order valence-electron chi connectivity index (χ3n) is 4.30. The van der Waals surface area contributed by atoms with Gasteiger partial charge in [-0.15, -0.1) is 5.10 Å². The highest BCUT2D eigenvalue weighted by Gasteiger charge is 2.36. The minimum atomic E-state index is -0.792. The molecule has 1 aromatic carbocycles. The number of methoxy groups -OCH3 is 1. The lowest BCUT2D eigenvalue weighted by atomic mass is 10.0. The van der Waals surface area contributed by atoms with E-state index >= 15 is 0 Å². The number of nitrogens with zero attached hydrogens (tertiary/aromatic N) is 5. The number of hydrogen-bond acceptors (Lipinski definition) is 7. The van der Waals surface area contributed by atoms with E-state index in [0.29, 0.717) is 49.7 Å². The molecule has 0 spiro atoms. The average Bonchev–Trinajstić information content (AvgIpc) is 3.25. The SMILES string of the molecule is COc1cc(C#N)ccc1OCCN1CCC(O)(Cn2ccnn2)C1. The van der Waals surface area contributed by atoms with E-state index in [1.54, 1.807) is 42.4 Å². The maximum Gasteiger partial charge on any atom is 0.162 e. The summed E-state index contributed by atoms with van der Waals surface area (Å²) in [7, 11) is 1.55. The molecule has 0 radical (unpaired) electrons. The molecule has 1 aliphatic heterocycles. The van der Waals surface area contributed by atoms with Gasteiger partial charge in [0.05, 0.1) is 37.1 Å². The van der Waals surface area contributed by atoms with E-state index < -0.39 is 5.60 Å². The Balaban J connectivity index is 1.49. The predicted octanol–water partition coefficient (Wildman–Crippen LogP) is 0.674. The molecular formula is C17H21N5O3. The highest BCUT2D eigenvalue weighted by Crippen LogP contribution is 2.28. The van der Waals surface area contributed by atoms with Gasteiger partial charge in [0.2, 0.25) is 0 Å². The highest BCUT2D eigenvalue weighted by atomic mass is 16.5. The van der Waals surface area contributed by atoms with Crippen molar-refractivity contribution in [3.05, 3.63) is 36.2 Å². The first kappa shape index (κ1) is 17.2. The van der Waals surface area contributed by atoms with Gasteiger partial charge < -0.3 is 14.6 Å². The third kappa shape index (κ3) is 4.26. The number of aromatic nitrogens is 3. The van der Waals surface area contributed by atoms with Gasteiger partial charge in [-0.3, -0.25) is 4.90 Å². The van der Waals surface area contributed by atoms with E-state index in [1.807, 2.05) is 0 Å². The van der Waals surface area contributed by atoms with Crippen LogP contribution in [-0.2, 0) is 6.54 Å². The van der Waals surface area contributed by atoms with Gasteiger partial charge in [0, 0.05) is 31.9 Å². The smallest absolute Gasteiger partial charge is 0.162 e. The summed E-state index contributed by atoms with van der Waals surface area (Å²) >= 11 is 0. The maximum absolute atomic E-state index is 10.7. The lowest BCUT2D eigenvalue weighted by molar-refractivity contribution is 0.0271. The topological polar surface area (TPSA) is 96.4 Å². The van der Waals surface area contributed by atoms with Gasteiger partial charge in [-0.05, 0) is 18.6 Å². The van der Waals surface area contributed by atoms with Crippen molar-refractivity contribution in [1.29, 1.82) is 5.26 Å².